The fraction of sp³-hybridized carbons (Fsp3) is 0.154. The number of benzene rings is 2. The molecule has 0 bridgehead atoms. The van der Waals surface area contributed by atoms with Crippen LogP contribution in [0.3, 0.4) is 0 Å². The summed E-state index contributed by atoms with van der Waals surface area (Å²) in [6.07, 6.45) is -4.69. The normalized spacial score (nSPS) is 11.5. The topological polar surface area (TPSA) is 76.6 Å². The van der Waals surface area contributed by atoms with Crippen LogP contribution >= 0.6 is 23.1 Å². The predicted octanol–water partition coefficient (Wildman–Crippen LogP) is 7.13. The van der Waals surface area contributed by atoms with Crippen molar-refractivity contribution in [2.24, 2.45) is 0 Å². The number of hydrogen-bond donors (Lipinski definition) is 0. The highest BCUT2D eigenvalue weighted by Crippen LogP contribution is 2.39. The van der Waals surface area contributed by atoms with Crippen molar-refractivity contribution in [2.75, 3.05) is 6.61 Å². The van der Waals surface area contributed by atoms with Crippen LogP contribution in [0.4, 0.5) is 13.2 Å². The van der Waals surface area contributed by atoms with Gasteiger partial charge in [0.05, 0.1) is 28.3 Å². The fourth-order valence-electron chi connectivity index (χ4n) is 3.71. The molecule has 37 heavy (non-hydrogen) atoms. The van der Waals surface area contributed by atoms with Crippen molar-refractivity contribution in [3.05, 3.63) is 82.7 Å². The van der Waals surface area contributed by atoms with Crippen molar-refractivity contribution in [1.29, 1.82) is 5.26 Å². The SMILES string of the molecule is CCOc1ccc(CSc2nc(-c3cccs3)cc(C(F)(F)F)c2C#N)cc1-n1nc2ccccc2n1. The maximum Gasteiger partial charge on any atom is 0.417 e. The van der Waals surface area contributed by atoms with Crippen LogP contribution in [0.25, 0.3) is 27.3 Å². The Balaban J connectivity index is 1.52. The Morgan fingerprint density at radius 1 is 1.05 bits per heavy atom. The second-order valence-electron chi connectivity index (χ2n) is 7.82. The smallest absolute Gasteiger partial charge is 0.417 e. The van der Waals surface area contributed by atoms with Crippen molar-refractivity contribution in [3.8, 4) is 28.1 Å². The molecule has 0 amide bonds. The van der Waals surface area contributed by atoms with Gasteiger partial charge in [0.2, 0.25) is 0 Å². The molecule has 0 saturated carbocycles. The number of thiophene rings is 1. The standard InChI is InChI=1S/C26H18F3N5OS2/c1-2-35-23-10-9-16(12-22(23)34-32-19-6-3-4-7-20(19)33-34)15-37-25-17(14-30)18(26(27,28)29)13-21(31-25)24-8-5-11-36-24/h3-13H,2,15H2,1H3. The number of nitrogens with zero attached hydrogens (tertiary/aromatic N) is 5. The maximum absolute atomic E-state index is 13.8. The van der Waals surface area contributed by atoms with E-state index < -0.39 is 17.3 Å². The summed E-state index contributed by atoms with van der Waals surface area (Å²) in [6.45, 7) is 2.31. The van der Waals surface area contributed by atoms with Crippen LogP contribution in [0.5, 0.6) is 5.75 Å². The zero-order chi connectivity index (χ0) is 26.0. The Morgan fingerprint density at radius 2 is 1.81 bits per heavy atom. The summed E-state index contributed by atoms with van der Waals surface area (Å²) in [7, 11) is 0. The van der Waals surface area contributed by atoms with E-state index in [9.17, 15) is 18.4 Å². The van der Waals surface area contributed by atoms with Crippen molar-refractivity contribution in [1.82, 2.24) is 20.0 Å². The number of ether oxygens (including phenoxy) is 1. The van der Waals surface area contributed by atoms with Gasteiger partial charge in [-0.15, -0.1) is 38.1 Å². The van der Waals surface area contributed by atoms with Crippen LogP contribution in [-0.4, -0.2) is 26.6 Å². The van der Waals surface area contributed by atoms with Crippen LogP contribution in [-0.2, 0) is 11.9 Å². The summed E-state index contributed by atoms with van der Waals surface area (Å²) >= 11 is 2.36. The third-order valence-electron chi connectivity index (χ3n) is 5.38. The Bertz CT molecular complexity index is 1570. The average Bonchev–Trinajstić information content (AvgIpc) is 3.57. The molecule has 5 rings (SSSR count). The average molecular weight is 538 g/mol. The Hall–Kier alpha value is -3.88. The molecule has 2 aromatic carbocycles. The highest BCUT2D eigenvalue weighted by Gasteiger charge is 2.36. The molecule has 0 atom stereocenters. The number of nitriles is 1. The highest BCUT2D eigenvalue weighted by molar-refractivity contribution is 7.98. The monoisotopic (exact) mass is 537 g/mol. The van der Waals surface area contributed by atoms with Crippen LogP contribution in [0.15, 0.2) is 71.1 Å². The van der Waals surface area contributed by atoms with E-state index in [1.807, 2.05) is 43.3 Å². The molecule has 0 radical (unpaired) electrons. The van der Waals surface area contributed by atoms with Crippen molar-refractivity contribution in [3.63, 3.8) is 0 Å². The first kappa shape index (κ1) is 24.8. The Morgan fingerprint density at radius 3 is 2.43 bits per heavy atom. The number of thioether (sulfide) groups is 1. The lowest BCUT2D eigenvalue weighted by atomic mass is 10.1. The molecule has 186 valence electrons. The van der Waals surface area contributed by atoms with Crippen molar-refractivity contribution >= 4 is 34.1 Å². The summed E-state index contributed by atoms with van der Waals surface area (Å²) in [4.78, 5) is 6.51. The van der Waals surface area contributed by atoms with E-state index in [0.717, 1.165) is 34.4 Å². The van der Waals surface area contributed by atoms with Gasteiger partial charge in [0, 0.05) is 5.75 Å². The molecule has 0 spiro atoms. The van der Waals surface area contributed by atoms with Gasteiger partial charge in [-0.25, -0.2) is 4.98 Å². The molecular formula is C26H18F3N5OS2. The first-order chi connectivity index (χ1) is 17.9. The number of hydrogen-bond acceptors (Lipinski definition) is 7. The van der Waals surface area contributed by atoms with E-state index in [1.165, 1.54) is 16.1 Å². The van der Waals surface area contributed by atoms with Gasteiger partial charge in [0.15, 0.2) is 0 Å². The van der Waals surface area contributed by atoms with E-state index in [4.69, 9.17) is 4.74 Å². The van der Waals surface area contributed by atoms with Gasteiger partial charge in [-0.1, -0.05) is 24.3 Å². The summed E-state index contributed by atoms with van der Waals surface area (Å²) < 4.78 is 47.3. The molecule has 0 aliphatic heterocycles. The largest absolute Gasteiger partial charge is 0.492 e. The summed E-state index contributed by atoms with van der Waals surface area (Å²) in [5.41, 5.74) is 1.54. The van der Waals surface area contributed by atoms with Gasteiger partial charge < -0.3 is 4.74 Å². The predicted molar refractivity (Wildman–Crippen MR) is 137 cm³/mol. The molecule has 3 heterocycles. The van der Waals surface area contributed by atoms with Crippen LogP contribution < -0.4 is 4.74 Å². The zero-order valence-corrected chi connectivity index (χ0v) is 21.0. The number of pyridine rings is 1. The van der Waals surface area contributed by atoms with Gasteiger partial charge in [0.1, 0.15) is 33.6 Å². The third kappa shape index (κ3) is 5.16. The zero-order valence-electron chi connectivity index (χ0n) is 19.4. The van der Waals surface area contributed by atoms with E-state index in [-0.39, 0.29) is 16.5 Å². The second-order valence-corrected chi connectivity index (χ2v) is 9.74. The number of alkyl halides is 3. The molecule has 11 heteroatoms. The van der Waals surface area contributed by atoms with Crippen molar-refractivity contribution in [2.45, 2.75) is 23.9 Å². The molecule has 0 N–H and O–H groups in total. The minimum absolute atomic E-state index is 0.0270. The molecular weight excluding hydrogens is 519 g/mol. The Labute approximate surface area is 218 Å². The maximum atomic E-state index is 13.8. The minimum Gasteiger partial charge on any atom is -0.492 e. The second kappa shape index (κ2) is 10.2. The van der Waals surface area contributed by atoms with Gasteiger partial charge in [-0.05, 0) is 54.3 Å². The van der Waals surface area contributed by atoms with Gasteiger partial charge in [0.25, 0.3) is 0 Å². The summed E-state index contributed by atoms with van der Waals surface area (Å²) in [5.74, 6) is 0.846. The molecule has 5 aromatic rings. The molecule has 0 aliphatic carbocycles. The minimum atomic E-state index is -4.69. The molecule has 6 nitrogen and oxygen atoms in total. The number of aromatic nitrogens is 4. The summed E-state index contributed by atoms with van der Waals surface area (Å²) in [5, 5.41) is 20.5. The van der Waals surface area contributed by atoms with E-state index >= 15 is 0 Å². The van der Waals surface area contributed by atoms with E-state index in [1.54, 1.807) is 29.6 Å². The number of rotatable bonds is 7. The fourth-order valence-corrected chi connectivity index (χ4v) is 5.35. The lowest BCUT2D eigenvalue weighted by Crippen LogP contribution is -2.10. The lowest BCUT2D eigenvalue weighted by molar-refractivity contribution is -0.138. The highest BCUT2D eigenvalue weighted by atomic mass is 32.2. The first-order valence-electron chi connectivity index (χ1n) is 11.1. The van der Waals surface area contributed by atoms with E-state index in [2.05, 4.69) is 15.2 Å². The van der Waals surface area contributed by atoms with Crippen LogP contribution in [0, 0.1) is 11.3 Å². The molecule has 0 unspecified atom stereocenters. The third-order valence-corrected chi connectivity index (χ3v) is 7.32. The number of fused-ring (bicyclic) bond motifs is 1. The van der Waals surface area contributed by atoms with E-state index in [0.29, 0.717) is 22.9 Å². The van der Waals surface area contributed by atoms with Crippen LogP contribution in [0.2, 0.25) is 0 Å². The van der Waals surface area contributed by atoms with Gasteiger partial charge in [-0.3, -0.25) is 0 Å². The molecule has 3 aromatic heterocycles. The van der Waals surface area contributed by atoms with Crippen molar-refractivity contribution < 1.29 is 17.9 Å². The first-order valence-corrected chi connectivity index (χ1v) is 13.0. The van der Waals surface area contributed by atoms with Crippen LogP contribution in [0.1, 0.15) is 23.6 Å². The molecule has 0 saturated heterocycles. The molecule has 0 aliphatic rings. The quantitative estimate of drug-likeness (QED) is 0.206. The number of halogens is 3. The van der Waals surface area contributed by atoms with Gasteiger partial charge in [-0.2, -0.15) is 18.4 Å². The summed E-state index contributed by atoms with van der Waals surface area (Å²) in [6, 6.07) is 19.0. The molecule has 0 fully saturated rings. The lowest BCUT2D eigenvalue weighted by Gasteiger charge is -2.14. The Kier molecular flexibility index (Phi) is 6.86. The van der Waals surface area contributed by atoms with Gasteiger partial charge >= 0.3 is 6.18 Å².